The summed E-state index contributed by atoms with van der Waals surface area (Å²) in [6, 6.07) is 35.6. The number of nitrogens with one attached hydrogen (secondary N) is 1. The Bertz CT molecular complexity index is 1640. The zero-order chi connectivity index (χ0) is 32.4. The highest BCUT2D eigenvalue weighted by Gasteiger charge is 2.60. The van der Waals surface area contributed by atoms with E-state index in [1.807, 2.05) is 135 Å². The van der Waals surface area contributed by atoms with Gasteiger partial charge in [-0.2, -0.15) is 0 Å². The van der Waals surface area contributed by atoms with Crippen LogP contribution < -0.4 is 9.62 Å². The lowest BCUT2D eigenvalue weighted by Crippen LogP contribution is -2.59. The molecule has 8 heteroatoms. The first-order valence-electron chi connectivity index (χ1n) is 14.8. The fraction of sp³-hybridized carbons (Fsp3) is 0.243. The standard InChI is InChI=1S/C37H37IN2O4S/c1-6-44-33(41)26(2)25-36(39-45(43)35(3,4)5)31-24-30(38)22-23-32(31)40(34(36)42)37(27-16-10-7-11-17-27,28-18-12-8-13-19-28)29-20-14-9-15-21-29/h7-24,39H,2,6,25H2,1,3-5H3/t36-,45?/m0/s1. The highest BCUT2D eigenvalue weighted by atomic mass is 127. The van der Waals surface area contributed by atoms with Crippen LogP contribution in [0.15, 0.2) is 121 Å². The summed E-state index contributed by atoms with van der Waals surface area (Å²) in [5.41, 5.74) is 1.26. The summed E-state index contributed by atoms with van der Waals surface area (Å²) in [6.07, 6.45) is -0.134. The maximum Gasteiger partial charge on any atom is 0.333 e. The molecule has 0 radical (unpaired) electrons. The zero-order valence-electron chi connectivity index (χ0n) is 25.9. The van der Waals surface area contributed by atoms with Crippen molar-refractivity contribution in [2.45, 2.75) is 49.9 Å². The third-order valence-electron chi connectivity index (χ3n) is 8.00. The average molecular weight is 733 g/mol. The molecule has 1 N–H and O–H groups in total. The molecule has 1 aliphatic rings. The van der Waals surface area contributed by atoms with Crippen LogP contribution in [-0.4, -0.2) is 27.4 Å². The van der Waals surface area contributed by atoms with Crippen molar-refractivity contribution in [3.05, 3.63) is 147 Å². The molecule has 4 aromatic carbocycles. The molecule has 1 unspecified atom stereocenters. The Balaban J connectivity index is 1.89. The number of esters is 1. The summed E-state index contributed by atoms with van der Waals surface area (Å²) in [6.45, 7) is 11.5. The number of hydrogen-bond acceptors (Lipinski definition) is 4. The van der Waals surface area contributed by atoms with Gasteiger partial charge in [-0.1, -0.05) is 97.6 Å². The van der Waals surface area contributed by atoms with E-state index in [0.717, 1.165) is 20.3 Å². The number of carbonyl (C=O) groups excluding carboxylic acids is 2. The van der Waals surface area contributed by atoms with Crippen LogP contribution >= 0.6 is 22.6 Å². The van der Waals surface area contributed by atoms with E-state index in [1.165, 1.54) is 0 Å². The Hall–Kier alpha value is -3.60. The van der Waals surface area contributed by atoms with Gasteiger partial charge in [0.05, 0.1) is 28.0 Å². The van der Waals surface area contributed by atoms with Crippen molar-refractivity contribution in [2.75, 3.05) is 11.5 Å². The van der Waals surface area contributed by atoms with Gasteiger partial charge in [0.2, 0.25) is 0 Å². The minimum Gasteiger partial charge on any atom is -0.463 e. The second-order valence-corrected chi connectivity index (χ2v) is 15.2. The van der Waals surface area contributed by atoms with E-state index in [0.29, 0.717) is 11.3 Å². The van der Waals surface area contributed by atoms with Gasteiger partial charge in [0, 0.05) is 21.1 Å². The van der Waals surface area contributed by atoms with Crippen molar-refractivity contribution >= 4 is 51.1 Å². The number of amides is 1. The SMILES string of the molecule is C=C(C[C@@]1(NS(=O)C(C)(C)C)C(=O)N(C(c2ccccc2)(c2ccccc2)c2ccccc2)c2ccc(I)cc21)C(=O)OCC. The van der Waals surface area contributed by atoms with E-state index in [-0.39, 0.29) is 24.5 Å². The lowest BCUT2D eigenvalue weighted by Gasteiger charge is -2.45. The maximum atomic E-state index is 15.7. The lowest BCUT2D eigenvalue weighted by atomic mass is 9.75. The summed E-state index contributed by atoms with van der Waals surface area (Å²) in [7, 11) is -1.70. The molecule has 45 heavy (non-hydrogen) atoms. The maximum absolute atomic E-state index is 15.7. The zero-order valence-corrected chi connectivity index (χ0v) is 28.9. The van der Waals surface area contributed by atoms with Gasteiger partial charge in [0.25, 0.3) is 5.91 Å². The molecular weight excluding hydrogens is 695 g/mol. The number of fused-ring (bicyclic) bond motifs is 1. The summed E-state index contributed by atoms with van der Waals surface area (Å²) < 4.78 is 22.7. The van der Waals surface area contributed by atoms with E-state index < -0.39 is 32.8 Å². The van der Waals surface area contributed by atoms with Gasteiger partial charge in [-0.3, -0.25) is 9.69 Å². The van der Waals surface area contributed by atoms with Crippen molar-refractivity contribution in [1.29, 1.82) is 0 Å². The molecule has 0 saturated heterocycles. The van der Waals surface area contributed by atoms with E-state index >= 15 is 4.79 Å². The number of nitrogens with zero attached hydrogens (tertiary/aromatic N) is 1. The highest BCUT2D eigenvalue weighted by molar-refractivity contribution is 14.1. The topological polar surface area (TPSA) is 75.7 Å². The molecule has 4 aromatic rings. The predicted molar refractivity (Wildman–Crippen MR) is 189 cm³/mol. The summed E-state index contributed by atoms with van der Waals surface area (Å²) in [4.78, 5) is 30.5. The summed E-state index contributed by atoms with van der Waals surface area (Å²) in [5.74, 6) is -0.946. The minimum absolute atomic E-state index is 0.111. The number of benzene rings is 4. The van der Waals surface area contributed by atoms with Gasteiger partial charge < -0.3 is 4.74 Å². The molecule has 1 heterocycles. The van der Waals surface area contributed by atoms with Crippen LogP contribution in [0.3, 0.4) is 0 Å². The quantitative estimate of drug-likeness (QED) is 0.0800. The Morgan fingerprint density at radius 3 is 1.82 bits per heavy atom. The number of ether oxygens (including phenoxy) is 1. The first kappa shape index (κ1) is 32.8. The molecule has 0 fully saturated rings. The fourth-order valence-electron chi connectivity index (χ4n) is 5.96. The van der Waals surface area contributed by atoms with Crippen LogP contribution in [0.5, 0.6) is 0 Å². The first-order valence-corrected chi connectivity index (χ1v) is 17.1. The Morgan fingerprint density at radius 2 is 1.38 bits per heavy atom. The van der Waals surface area contributed by atoms with E-state index in [2.05, 4.69) is 33.9 Å². The highest BCUT2D eigenvalue weighted by Crippen LogP contribution is 2.54. The van der Waals surface area contributed by atoms with Crippen LogP contribution in [0.2, 0.25) is 0 Å². The molecule has 0 aliphatic carbocycles. The molecule has 0 aromatic heterocycles. The van der Waals surface area contributed by atoms with Crippen molar-refractivity contribution in [3.63, 3.8) is 0 Å². The number of hydrogen-bond donors (Lipinski definition) is 1. The summed E-state index contributed by atoms with van der Waals surface area (Å²) >= 11 is 2.22. The first-order chi connectivity index (χ1) is 21.5. The number of anilines is 1. The monoisotopic (exact) mass is 732 g/mol. The Kier molecular flexibility index (Phi) is 9.49. The molecule has 1 aliphatic heterocycles. The second-order valence-electron chi connectivity index (χ2n) is 12.0. The molecule has 0 bridgehead atoms. The van der Waals surface area contributed by atoms with Gasteiger partial charge in [-0.25, -0.2) is 13.7 Å². The van der Waals surface area contributed by atoms with Crippen LogP contribution in [0, 0.1) is 3.57 Å². The van der Waals surface area contributed by atoms with Gasteiger partial charge in [-0.15, -0.1) is 0 Å². The molecule has 232 valence electrons. The molecule has 0 saturated carbocycles. The largest absolute Gasteiger partial charge is 0.463 e. The number of rotatable bonds is 10. The molecule has 5 rings (SSSR count). The van der Waals surface area contributed by atoms with E-state index in [1.54, 1.807) is 6.92 Å². The average Bonchev–Trinajstić information content (AvgIpc) is 3.25. The molecule has 1 amide bonds. The molecule has 2 atom stereocenters. The van der Waals surface area contributed by atoms with Crippen LogP contribution in [0.1, 0.15) is 56.4 Å². The van der Waals surface area contributed by atoms with Crippen molar-refractivity contribution in [3.8, 4) is 0 Å². The van der Waals surface area contributed by atoms with Crippen LogP contribution in [0.25, 0.3) is 0 Å². The van der Waals surface area contributed by atoms with Gasteiger partial charge in [0.15, 0.2) is 0 Å². The van der Waals surface area contributed by atoms with Crippen molar-refractivity contribution in [2.24, 2.45) is 0 Å². The Labute approximate surface area is 281 Å². The molecule has 0 spiro atoms. The van der Waals surface area contributed by atoms with Gasteiger partial charge in [-0.05, 0) is 85.2 Å². The fourth-order valence-corrected chi connectivity index (χ4v) is 7.34. The Morgan fingerprint density at radius 1 is 0.889 bits per heavy atom. The van der Waals surface area contributed by atoms with Gasteiger partial charge in [0.1, 0.15) is 11.1 Å². The minimum atomic E-state index is -1.70. The lowest BCUT2D eigenvalue weighted by molar-refractivity contribution is -0.138. The normalized spacial score (nSPS) is 17.1. The van der Waals surface area contributed by atoms with E-state index in [4.69, 9.17) is 4.74 Å². The van der Waals surface area contributed by atoms with Crippen LogP contribution in [-0.2, 0) is 36.4 Å². The van der Waals surface area contributed by atoms with E-state index in [9.17, 15) is 9.00 Å². The number of carbonyl (C=O) groups is 2. The smallest absolute Gasteiger partial charge is 0.333 e. The summed E-state index contributed by atoms with van der Waals surface area (Å²) in [5, 5.41) is 0. The second kappa shape index (κ2) is 13.0. The molecule has 6 nitrogen and oxygen atoms in total. The van der Waals surface area contributed by atoms with Gasteiger partial charge >= 0.3 is 5.97 Å². The van der Waals surface area contributed by atoms with Crippen molar-refractivity contribution in [1.82, 2.24) is 4.72 Å². The number of halogens is 1. The molecular formula is C37H37IN2O4S. The third-order valence-corrected chi connectivity index (χ3v) is 10.3. The van der Waals surface area contributed by atoms with Crippen molar-refractivity contribution < 1.29 is 18.5 Å². The van der Waals surface area contributed by atoms with Crippen LogP contribution in [0.4, 0.5) is 5.69 Å². The third kappa shape index (κ3) is 5.91. The predicted octanol–water partition coefficient (Wildman–Crippen LogP) is 7.39.